The van der Waals surface area contributed by atoms with Gasteiger partial charge >= 0.3 is 37.7 Å². The van der Waals surface area contributed by atoms with Crippen LogP contribution in [0.3, 0.4) is 0 Å². The number of hydrogen-bond donors (Lipinski definition) is 1. The Morgan fingerprint density at radius 3 is 1.60 bits per heavy atom. The van der Waals surface area contributed by atoms with Crippen molar-refractivity contribution in [2.45, 2.75) is 0 Å². The summed E-state index contributed by atoms with van der Waals surface area (Å²) in [5.74, 6) is 0. The van der Waals surface area contributed by atoms with Gasteiger partial charge in [-0.05, 0) is 0 Å². The Labute approximate surface area is 59.3 Å². The van der Waals surface area contributed by atoms with Gasteiger partial charge in [0.1, 0.15) is 0 Å². The molecule has 5 heavy (non-hydrogen) atoms. The summed E-state index contributed by atoms with van der Waals surface area (Å²) < 4.78 is 0. The maximum absolute atomic E-state index is 8.24. The molecule has 0 spiro atoms. The van der Waals surface area contributed by atoms with Crippen LogP contribution in [0.1, 0.15) is 0 Å². The van der Waals surface area contributed by atoms with E-state index in [9.17, 15) is 0 Å². The summed E-state index contributed by atoms with van der Waals surface area (Å²) in [5, 5.41) is 6.76. The zero-order chi connectivity index (χ0) is 2.71. The van der Waals surface area contributed by atoms with Crippen LogP contribution in [0, 0.1) is 0 Å². The maximum atomic E-state index is 8.24. The monoisotopic (exact) mass is 106 g/mol. The molecule has 0 saturated heterocycles. The van der Waals surface area contributed by atoms with Gasteiger partial charge in [0, 0.05) is 0 Å². The molecule has 0 heterocycles. The molecule has 0 amide bonds. The minimum Gasteiger partial charge on any atom is -0.870 e. The second-order valence-corrected chi connectivity index (χ2v) is 0.0913. The summed E-state index contributed by atoms with van der Waals surface area (Å²) >= 11 is 0. The Morgan fingerprint density at radius 1 is 1.60 bits per heavy atom. The van der Waals surface area contributed by atoms with Crippen molar-refractivity contribution >= 4 is 44.2 Å². The van der Waals surface area contributed by atoms with Crippen LogP contribution in [0.5, 0.6) is 0 Å². The van der Waals surface area contributed by atoms with E-state index in [-0.39, 0.29) is 43.2 Å². The molecule has 0 aliphatic heterocycles. The fourth-order valence-corrected chi connectivity index (χ4v) is 0. The summed E-state index contributed by atoms with van der Waals surface area (Å²) in [6.07, 6.45) is 0. The van der Waals surface area contributed by atoms with Crippen molar-refractivity contribution in [3.8, 4) is 0 Å². The van der Waals surface area contributed by atoms with Gasteiger partial charge in [-0.2, -0.15) is 0 Å². The summed E-state index contributed by atoms with van der Waals surface area (Å²) in [6, 6.07) is 0. The maximum Gasteiger partial charge on any atom is 2.00 e. The molecule has 0 aliphatic rings. The third-order valence-electron chi connectivity index (χ3n) is 0. The molecule has 0 aromatic heterocycles. The van der Waals surface area contributed by atoms with Crippen LogP contribution in [0.25, 0.3) is 0 Å². The Bertz CT molecular complexity index is 14.4. The van der Waals surface area contributed by atoms with Gasteiger partial charge in [0.15, 0.2) is 0 Å². The van der Waals surface area contributed by atoms with Crippen LogP contribution in [0.2, 0.25) is 0 Å². The number of hydrogen-bond acceptors (Lipinski definition) is 2. The first kappa shape index (κ1) is 17.3. The molecule has 0 rings (SSSR count). The second-order valence-electron chi connectivity index (χ2n) is 0.0913. The van der Waals surface area contributed by atoms with Gasteiger partial charge in [-0.15, -0.1) is 0 Å². The van der Waals surface area contributed by atoms with Crippen LogP contribution in [0.15, 0.2) is 0 Å². The second kappa shape index (κ2) is 22.4. The number of aliphatic hydroxyl groups excluding tert-OH is 1. The third-order valence-corrected chi connectivity index (χ3v) is 0. The van der Waals surface area contributed by atoms with Crippen molar-refractivity contribution in [2.75, 3.05) is 0 Å². The molecule has 4 heteroatoms. The van der Waals surface area contributed by atoms with Crippen molar-refractivity contribution in [3.05, 3.63) is 0 Å². The first-order valence-corrected chi connectivity index (χ1v) is 0.428. The van der Waals surface area contributed by atoms with Crippen LogP contribution in [-0.2, 0) is 4.79 Å². The molecule has 0 fully saturated rings. The van der Waals surface area contributed by atoms with Crippen molar-refractivity contribution in [2.24, 2.45) is 0 Å². The van der Waals surface area contributed by atoms with Gasteiger partial charge in [-0.25, -0.2) is 0 Å². The molecule has 0 aliphatic carbocycles. The largest absolute Gasteiger partial charge is 2.00 e. The Balaban J connectivity index is -0.0000000200. The van der Waals surface area contributed by atoms with Crippen molar-refractivity contribution < 1.29 is 15.4 Å². The molecule has 0 radical (unpaired) electrons. The molecule has 0 unspecified atom stereocenters. The molecular weight excluding hydrogens is 104 g/mol. The van der Waals surface area contributed by atoms with Crippen molar-refractivity contribution in [1.29, 1.82) is 0 Å². The first-order valence-electron chi connectivity index (χ1n) is 0.428. The predicted octanol–water partition coefficient (Wildman–Crippen LogP) is -0.946. The van der Waals surface area contributed by atoms with E-state index in [2.05, 4.69) is 0 Å². The summed E-state index contributed by atoms with van der Waals surface area (Å²) in [4.78, 5) is 8.24. The fraction of sp³-hybridized carbons (Fsp3) is 0. The fourth-order valence-electron chi connectivity index (χ4n) is 0. The Kier molecular flexibility index (Phi) is 77.4. The van der Waals surface area contributed by atoms with E-state index in [1.54, 1.807) is 0 Å². The molecule has 0 bridgehead atoms. The van der Waals surface area contributed by atoms with E-state index in [1.807, 2.05) is 0 Å². The number of rotatable bonds is 0. The zero-order valence-corrected chi connectivity index (χ0v) is 4.72. The van der Waals surface area contributed by atoms with Gasteiger partial charge in [0.05, 0.1) is 0 Å². The first-order chi connectivity index (χ1) is 1.41. The molecular formula is CH2CaO3. The quantitative estimate of drug-likeness (QED) is 0.320. The van der Waals surface area contributed by atoms with Gasteiger partial charge in [0.2, 0.25) is 0 Å². The van der Waals surface area contributed by atoms with E-state index >= 15 is 0 Å². The van der Waals surface area contributed by atoms with Gasteiger partial charge in [-0.3, -0.25) is 0 Å². The van der Waals surface area contributed by atoms with Crippen molar-refractivity contribution in [1.82, 2.24) is 0 Å². The Morgan fingerprint density at radius 2 is 1.60 bits per heavy atom. The topological polar surface area (TPSA) is 67.3 Å². The van der Waals surface area contributed by atoms with E-state index in [0.29, 0.717) is 6.47 Å². The molecule has 0 atom stereocenters. The van der Waals surface area contributed by atoms with Crippen LogP contribution >= 0.6 is 0 Å². The average Bonchev–Trinajstić information content (AvgIpc) is 0.918. The molecule has 2 N–H and O–H groups in total. The summed E-state index contributed by atoms with van der Waals surface area (Å²) in [7, 11) is 0. The van der Waals surface area contributed by atoms with Gasteiger partial charge in [-0.1, -0.05) is 6.47 Å². The van der Waals surface area contributed by atoms with Crippen LogP contribution in [-0.4, -0.2) is 54.8 Å². The van der Waals surface area contributed by atoms with Crippen LogP contribution < -0.4 is 0 Å². The zero-order valence-electron chi connectivity index (χ0n) is 2.51. The summed E-state index contributed by atoms with van der Waals surface area (Å²) in [5.41, 5.74) is 0. The van der Waals surface area contributed by atoms with Crippen LogP contribution in [0.4, 0.5) is 0 Å². The predicted molar refractivity (Wildman–Crippen MR) is 16.0 cm³/mol. The molecule has 26 valence electrons. The van der Waals surface area contributed by atoms with Gasteiger partial charge < -0.3 is 15.4 Å². The van der Waals surface area contributed by atoms with E-state index < -0.39 is 0 Å². The molecule has 3 nitrogen and oxygen atoms in total. The van der Waals surface area contributed by atoms with E-state index in [0.717, 1.165) is 0 Å². The van der Waals surface area contributed by atoms with E-state index in [4.69, 9.17) is 9.90 Å². The average molecular weight is 106 g/mol. The minimum atomic E-state index is 0. The molecule has 0 aromatic carbocycles. The smallest absolute Gasteiger partial charge is 0.870 e. The minimum absolute atomic E-state index is 0. The van der Waals surface area contributed by atoms with E-state index in [1.165, 1.54) is 0 Å². The summed E-state index contributed by atoms with van der Waals surface area (Å²) in [6.45, 7) is 0.500. The third kappa shape index (κ3) is 71.3. The molecule has 0 saturated carbocycles. The normalized spacial score (nSPS) is 2.40. The standard InChI is InChI=1S/CHO2.Ca.H2O/c2-1-3;;/h(H,2,3);;1H2/q-1;+2;/p-1/i;1+4;. The molecule has 0 aromatic rings. The van der Waals surface area contributed by atoms with Crippen molar-refractivity contribution in [3.63, 3.8) is 0 Å². The Hall–Kier alpha value is 0.690. The van der Waals surface area contributed by atoms with Gasteiger partial charge in [0.25, 0.3) is 0 Å². The SMILES string of the molecule is O=[C-]O.[44Ca+2].[OH-].